The van der Waals surface area contributed by atoms with Gasteiger partial charge < -0.3 is 5.32 Å². The minimum Gasteiger partial charge on any atom is -0.361 e. The monoisotopic (exact) mass is 223 g/mol. The molecule has 1 N–H and O–H groups in total. The Hall–Kier alpha value is -1.49. The first-order valence-corrected chi connectivity index (χ1v) is 5.41. The number of halogens is 1. The van der Waals surface area contributed by atoms with Crippen LogP contribution in [0.2, 0.25) is 0 Å². The zero-order valence-corrected chi connectivity index (χ0v) is 8.96. The fourth-order valence-electron chi connectivity index (χ4n) is 1.19. The lowest BCUT2D eigenvalue weighted by Crippen LogP contribution is -2.07. The first kappa shape index (κ1) is 10.0. The number of nitrogens with one attached hydrogen (secondary N) is 1. The lowest BCUT2D eigenvalue weighted by atomic mass is 10.3. The predicted molar refractivity (Wildman–Crippen MR) is 58.3 cm³/mol. The summed E-state index contributed by atoms with van der Waals surface area (Å²) in [6.45, 7) is 1.99. The Balaban J connectivity index is 2.06. The Morgan fingerprint density at radius 2 is 2.27 bits per heavy atom. The number of aromatic nitrogens is 2. The van der Waals surface area contributed by atoms with Crippen LogP contribution in [0, 0.1) is 5.82 Å². The summed E-state index contributed by atoms with van der Waals surface area (Å²) in [5.41, 5.74) is 0. The fourth-order valence-corrected chi connectivity index (χ4v) is 1.84. The molecule has 2 aromatic rings. The van der Waals surface area contributed by atoms with Crippen molar-refractivity contribution in [1.29, 1.82) is 0 Å². The molecule has 0 aliphatic rings. The van der Waals surface area contributed by atoms with E-state index in [-0.39, 0.29) is 11.9 Å². The Bertz CT molecular complexity index is 413. The molecule has 0 spiro atoms. The molecule has 0 fully saturated rings. The summed E-state index contributed by atoms with van der Waals surface area (Å²) in [4.78, 5) is 8.10. The van der Waals surface area contributed by atoms with Gasteiger partial charge in [-0.3, -0.25) is 0 Å². The van der Waals surface area contributed by atoms with E-state index in [9.17, 15) is 4.39 Å². The molecule has 0 saturated carbocycles. The number of pyridine rings is 1. The second-order valence-corrected chi connectivity index (χ2v) is 4.02. The molecule has 3 nitrogen and oxygen atoms in total. The van der Waals surface area contributed by atoms with E-state index < -0.39 is 0 Å². The Morgan fingerprint density at radius 3 is 2.87 bits per heavy atom. The smallest absolute Gasteiger partial charge is 0.141 e. The topological polar surface area (TPSA) is 37.8 Å². The van der Waals surface area contributed by atoms with E-state index in [0.29, 0.717) is 5.82 Å². The van der Waals surface area contributed by atoms with Crippen LogP contribution in [-0.2, 0) is 0 Å². The van der Waals surface area contributed by atoms with Crippen molar-refractivity contribution in [3.8, 4) is 0 Å². The minimum atomic E-state index is -0.331. The molecular weight excluding hydrogens is 213 g/mol. The molecule has 2 aromatic heterocycles. The van der Waals surface area contributed by atoms with E-state index in [1.165, 1.54) is 12.3 Å². The summed E-state index contributed by atoms with van der Waals surface area (Å²) in [5.74, 6) is 0.321. The van der Waals surface area contributed by atoms with Crippen molar-refractivity contribution < 1.29 is 4.39 Å². The van der Waals surface area contributed by atoms with E-state index in [1.807, 2.05) is 12.3 Å². The van der Waals surface area contributed by atoms with Crippen LogP contribution < -0.4 is 5.32 Å². The van der Waals surface area contributed by atoms with Gasteiger partial charge in [0.15, 0.2) is 0 Å². The maximum absolute atomic E-state index is 12.6. The predicted octanol–water partition coefficient (Wildman–Crippen LogP) is 2.85. The van der Waals surface area contributed by atoms with Crippen molar-refractivity contribution in [2.45, 2.75) is 13.0 Å². The quantitative estimate of drug-likeness (QED) is 0.869. The lowest BCUT2D eigenvalue weighted by Gasteiger charge is -2.11. The van der Waals surface area contributed by atoms with Crippen LogP contribution in [0.25, 0.3) is 0 Å². The molecule has 0 aromatic carbocycles. The van der Waals surface area contributed by atoms with Gasteiger partial charge in [-0.1, -0.05) is 0 Å². The van der Waals surface area contributed by atoms with Crippen LogP contribution in [0.1, 0.15) is 18.0 Å². The molecule has 0 aliphatic carbocycles. The van der Waals surface area contributed by atoms with Crippen LogP contribution in [-0.4, -0.2) is 9.97 Å². The van der Waals surface area contributed by atoms with E-state index in [0.717, 1.165) is 5.01 Å². The summed E-state index contributed by atoms with van der Waals surface area (Å²) in [6, 6.07) is 3.08. The zero-order chi connectivity index (χ0) is 10.7. The summed E-state index contributed by atoms with van der Waals surface area (Å²) >= 11 is 1.58. The summed E-state index contributed by atoms with van der Waals surface area (Å²) in [5, 5.41) is 6.05. The highest BCUT2D eigenvalue weighted by molar-refractivity contribution is 7.09. The standard InChI is InChI=1S/C10H10FN3S/c1-7(10-12-4-5-15-10)14-9-3-2-8(11)6-13-9/h2-7H,1H3,(H,13,14). The van der Waals surface area contributed by atoms with Crippen LogP contribution in [0.15, 0.2) is 29.9 Å². The average Bonchev–Trinajstić information content (AvgIpc) is 2.74. The number of nitrogens with zero attached hydrogens (tertiary/aromatic N) is 2. The summed E-state index contributed by atoms with van der Waals surface area (Å²) < 4.78 is 12.6. The molecule has 0 saturated heterocycles. The summed E-state index contributed by atoms with van der Waals surface area (Å²) in [7, 11) is 0. The van der Waals surface area contributed by atoms with Crippen molar-refractivity contribution in [3.05, 3.63) is 40.7 Å². The third-order valence-electron chi connectivity index (χ3n) is 1.91. The Labute approximate surface area is 91.0 Å². The van der Waals surface area contributed by atoms with Gasteiger partial charge >= 0.3 is 0 Å². The largest absolute Gasteiger partial charge is 0.361 e. The number of hydrogen-bond donors (Lipinski definition) is 1. The van der Waals surface area contributed by atoms with Crippen LogP contribution >= 0.6 is 11.3 Å². The Kier molecular flexibility index (Phi) is 2.91. The number of thiazole rings is 1. The summed E-state index contributed by atoms with van der Waals surface area (Å²) in [6.07, 6.45) is 2.95. The third-order valence-corrected chi connectivity index (χ3v) is 2.87. The highest BCUT2D eigenvalue weighted by Gasteiger charge is 2.07. The molecule has 1 atom stereocenters. The van der Waals surface area contributed by atoms with Gasteiger partial charge in [-0.15, -0.1) is 11.3 Å². The van der Waals surface area contributed by atoms with Crippen LogP contribution in [0.5, 0.6) is 0 Å². The fraction of sp³-hybridized carbons (Fsp3) is 0.200. The van der Waals surface area contributed by atoms with E-state index in [1.54, 1.807) is 23.6 Å². The SMILES string of the molecule is CC(Nc1ccc(F)cn1)c1nccs1. The highest BCUT2D eigenvalue weighted by Crippen LogP contribution is 2.19. The molecule has 0 aliphatic heterocycles. The van der Waals surface area contributed by atoms with Crippen molar-refractivity contribution in [2.24, 2.45) is 0 Å². The molecule has 5 heteroatoms. The van der Waals surface area contributed by atoms with Gasteiger partial charge in [0.25, 0.3) is 0 Å². The van der Waals surface area contributed by atoms with Gasteiger partial charge in [0.2, 0.25) is 0 Å². The minimum absolute atomic E-state index is 0.0861. The highest BCUT2D eigenvalue weighted by atomic mass is 32.1. The molecule has 0 amide bonds. The number of rotatable bonds is 3. The molecule has 15 heavy (non-hydrogen) atoms. The van der Waals surface area contributed by atoms with Gasteiger partial charge in [0.05, 0.1) is 12.2 Å². The maximum atomic E-state index is 12.6. The number of anilines is 1. The van der Waals surface area contributed by atoms with Gasteiger partial charge in [0.1, 0.15) is 16.6 Å². The molecule has 1 unspecified atom stereocenters. The first-order valence-electron chi connectivity index (χ1n) is 4.53. The van der Waals surface area contributed by atoms with Crippen LogP contribution in [0.3, 0.4) is 0 Å². The van der Waals surface area contributed by atoms with E-state index in [2.05, 4.69) is 15.3 Å². The van der Waals surface area contributed by atoms with Crippen molar-refractivity contribution in [3.63, 3.8) is 0 Å². The van der Waals surface area contributed by atoms with Crippen molar-refractivity contribution in [1.82, 2.24) is 9.97 Å². The molecule has 0 bridgehead atoms. The zero-order valence-electron chi connectivity index (χ0n) is 8.14. The normalized spacial score (nSPS) is 12.4. The molecular formula is C10H10FN3S. The van der Waals surface area contributed by atoms with Gasteiger partial charge in [-0.25, -0.2) is 14.4 Å². The Morgan fingerprint density at radius 1 is 1.40 bits per heavy atom. The molecule has 0 radical (unpaired) electrons. The lowest BCUT2D eigenvalue weighted by molar-refractivity contribution is 0.621. The first-order chi connectivity index (χ1) is 7.25. The van der Waals surface area contributed by atoms with E-state index >= 15 is 0 Å². The van der Waals surface area contributed by atoms with Gasteiger partial charge in [-0.05, 0) is 19.1 Å². The number of hydrogen-bond acceptors (Lipinski definition) is 4. The third kappa shape index (κ3) is 2.50. The molecule has 2 heterocycles. The van der Waals surface area contributed by atoms with E-state index in [4.69, 9.17) is 0 Å². The second-order valence-electron chi connectivity index (χ2n) is 3.10. The molecule has 2 rings (SSSR count). The van der Waals surface area contributed by atoms with Crippen molar-refractivity contribution >= 4 is 17.2 Å². The second kappa shape index (κ2) is 4.35. The molecule has 78 valence electrons. The maximum Gasteiger partial charge on any atom is 0.141 e. The van der Waals surface area contributed by atoms with Gasteiger partial charge in [-0.2, -0.15) is 0 Å². The van der Waals surface area contributed by atoms with Crippen LogP contribution in [0.4, 0.5) is 10.2 Å². The van der Waals surface area contributed by atoms with Gasteiger partial charge in [0, 0.05) is 11.6 Å². The van der Waals surface area contributed by atoms with Crippen molar-refractivity contribution in [2.75, 3.05) is 5.32 Å². The average molecular weight is 223 g/mol.